The summed E-state index contributed by atoms with van der Waals surface area (Å²) in [6, 6.07) is 13.1. The van der Waals surface area contributed by atoms with Crippen LogP contribution in [-0.2, 0) is 0 Å². The lowest BCUT2D eigenvalue weighted by molar-refractivity contribution is 0.0979. The Bertz CT molecular complexity index is 721. The van der Waals surface area contributed by atoms with Gasteiger partial charge >= 0.3 is 0 Å². The Hall–Kier alpha value is -2.07. The number of Topliss-reactive ketones (excluding diaryl/α,β-unsaturated/α-hetero) is 1. The lowest BCUT2D eigenvalue weighted by Gasteiger charge is -2.29. The Kier molecular flexibility index (Phi) is 6.51. The molecule has 0 aliphatic heterocycles. The van der Waals surface area contributed by atoms with Gasteiger partial charge in [-0.15, -0.1) is 0 Å². The Balaban J connectivity index is 1.35. The Labute approximate surface area is 153 Å². The van der Waals surface area contributed by atoms with Gasteiger partial charge in [-0.1, -0.05) is 12.1 Å². The zero-order chi connectivity index (χ0) is 18.4. The SMILES string of the molecule is O=C(CCCNC1CCC(c2cccc(F)c2)CC1)c1ccc(F)cc1. The molecule has 4 heteroatoms. The molecule has 0 spiro atoms. The lowest BCUT2D eigenvalue weighted by atomic mass is 9.81. The van der Waals surface area contributed by atoms with E-state index < -0.39 is 0 Å². The monoisotopic (exact) mass is 357 g/mol. The zero-order valence-electron chi connectivity index (χ0n) is 14.9. The van der Waals surface area contributed by atoms with E-state index in [0.717, 1.165) is 44.2 Å². The topological polar surface area (TPSA) is 29.1 Å². The molecule has 0 amide bonds. The second-order valence-electron chi connectivity index (χ2n) is 7.09. The fourth-order valence-corrected chi connectivity index (χ4v) is 3.73. The van der Waals surface area contributed by atoms with Crippen molar-refractivity contribution < 1.29 is 13.6 Å². The number of rotatable bonds is 7. The Morgan fingerprint density at radius 3 is 2.38 bits per heavy atom. The first-order valence-electron chi connectivity index (χ1n) is 9.39. The van der Waals surface area contributed by atoms with Gasteiger partial charge in [-0.25, -0.2) is 8.78 Å². The molecule has 2 aromatic rings. The van der Waals surface area contributed by atoms with Crippen molar-refractivity contribution in [3.8, 4) is 0 Å². The minimum absolute atomic E-state index is 0.0570. The first-order chi connectivity index (χ1) is 12.6. The van der Waals surface area contributed by atoms with E-state index >= 15 is 0 Å². The van der Waals surface area contributed by atoms with Gasteiger partial charge in [-0.05, 0) is 86.5 Å². The predicted octanol–water partition coefficient (Wildman–Crippen LogP) is 5.24. The molecule has 26 heavy (non-hydrogen) atoms. The number of halogens is 2. The molecule has 1 N–H and O–H groups in total. The second kappa shape index (κ2) is 9.04. The highest BCUT2D eigenvalue weighted by atomic mass is 19.1. The molecule has 138 valence electrons. The maximum atomic E-state index is 13.4. The first-order valence-corrected chi connectivity index (χ1v) is 9.39. The molecular weight excluding hydrogens is 332 g/mol. The van der Waals surface area contributed by atoms with Gasteiger partial charge in [-0.2, -0.15) is 0 Å². The number of hydrogen-bond donors (Lipinski definition) is 1. The van der Waals surface area contributed by atoms with Crippen molar-refractivity contribution >= 4 is 5.78 Å². The van der Waals surface area contributed by atoms with E-state index in [1.165, 1.54) is 18.2 Å². The van der Waals surface area contributed by atoms with Crippen LogP contribution in [0.5, 0.6) is 0 Å². The van der Waals surface area contributed by atoms with Crippen molar-refractivity contribution in [3.05, 3.63) is 71.3 Å². The van der Waals surface area contributed by atoms with Gasteiger partial charge in [0.15, 0.2) is 5.78 Å². The summed E-state index contributed by atoms with van der Waals surface area (Å²) in [5, 5.41) is 3.53. The van der Waals surface area contributed by atoms with E-state index in [0.29, 0.717) is 23.9 Å². The van der Waals surface area contributed by atoms with Gasteiger partial charge in [0, 0.05) is 18.0 Å². The van der Waals surface area contributed by atoms with Crippen molar-refractivity contribution in [2.24, 2.45) is 0 Å². The third kappa shape index (κ3) is 5.21. The molecule has 0 aromatic heterocycles. The summed E-state index contributed by atoms with van der Waals surface area (Å²) in [5.41, 5.74) is 1.68. The van der Waals surface area contributed by atoms with Crippen LogP contribution in [0.15, 0.2) is 48.5 Å². The smallest absolute Gasteiger partial charge is 0.162 e. The molecule has 2 nitrogen and oxygen atoms in total. The van der Waals surface area contributed by atoms with E-state index in [1.54, 1.807) is 24.3 Å². The van der Waals surface area contributed by atoms with Crippen LogP contribution in [0.25, 0.3) is 0 Å². The summed E-state index contributed by atoms with van der Waals surface area (Å²) >= 11 is 0. The van der Waals surface area contributed by atoms with Crippen molar-refractivity contribution in [3.63, 3.8) is 0 Å². The molecule has 0 saturated heterocycles. The van der Waals surface area contributed by atoms with Gasteiger partial charge in [0.05, 0.1) is 0 Å². The van der Waals surface area contributed by atoms with Crippen LogP contribution in [0.4, 0.5) is 8.78 Å². The largest absolute Gasteiger partial charge is 0.314 e. The van der Waals surface area contributed by atoms with Crippen molar-refractivity contribution in [1.82, 2.24) is 5.32 Å². The summed E-state index contributed by atoms with van der Waals surface area (Å²) in [5.74, 6) is 0.0241. The number of nitrogens with one attached hydrogen (secondary N) is 1. The highest BCUT2D eigenvalue weighted by molar-refractivity contribution is 5.95. The van der Waals surface area contributed by atoms with Crippen molar-refractivity contribution in [2.45, 2.75) is 50.5 Å². The van der Waals surface area contributed by atoms with Crippen LogP contribution < -0.4 is 5.32 Å². The third-order valence-corrected chi connectivity index (χ3v) is 5.23. The van der Waals surface area contributed by atoms with E-state index in [-0.39, 0.29) is 17.4 Å². The van der Waals surface area contributed by atoms with E-state index in [4.69, 9.17) is 0 Å². The standard InChI is InChI=1S/C22H25F2NO/c23-19-10-6-17(7-11-19)22(26)5-2-14-25-21-12-8-16(9-13-21)18-3-1-4-20(24)15-18/h1,3-4,6-7,10-11,15-16,21,25H,2,5,8-9,12-14H2. The highest BCUT2D eigenvalue weighted by Gasteiger charge is 2.22. The molecule has 0 heterocycles. The normalized spacial score (nSPS) is 20.1. The van der Waals surface area contributed by atoms with E-state index in [9.17, 15) is 13.6 Å². The zero-order valence-corrected chi connectivity index (χ0v) is 14.9. The molecule has 1 fully saturated rings. The van der Waals surface area contributed by atoms with Crippen LogP contribution >= 0.6 is 0 Å². The average Bonchev–Trinajstić information content (AvgIpc) is 2.66. The number of carbonyl (C=O) groups excluding carboxylic acids is 1. The van der Waals surface area contributed by atoms with Gasteiger partial charge in [0.1, 0.15) is 11.6 Å². The van der Waals surface area contributed by atoms with Crippen LogP contribution in [0, 0.1) is 11.6 Å². The van der Waals surface area contributed by atoms with Crippen molar-refractivity contribution in [1.29, 1.82) is 0 Å². The van der Waals surface area contributed by atoms with Crippen LogP contribution in [0.1, 0.15) is 60.4 Å². The number of hydrogen-bond acceptors (Lipinski definition) is 2. The summed E-state index contributed by atoms with van der Waals surface area (Å²) in [4.78, 5) is 12.1. The van der Waals surface area contributed by atoms with Crippen LogP contribution in [0.3, 0.4) is 0 Å². The van der Waals surface area contributed by atoms with E-state index in [2.05, 4.69) is 5.32 Å². The molecule has 3 rings (SSSR count). The second-order valence-corrected chi connectivity index (χ2v) is 7.09. The highest BCUT2D eigenvalue weighted by Crippen LogP contribution is 2.33. The van der Waals surface area contributed by atoms with Gasteiger partial charge in [-0.3, -0.25) is 4.79 Å². The fraction of sp³-hybridized carbons (Fsp3) is 0.409. The third-order valence-electron chi connectivity index (χ3n) is 5.23. The maximum absolute atomic E-state index is 13.4. The Morgan fingerprint density at radius 1 is 0.962 bits per heavy atom. The van der Waals surface area contributed by atoms with E-state index in [1.807, 2.05) is 6.07 Å². The van der Waals surface area contributed by atoms with Crippen LogP contribution in [0.2, 0.25) is 0 Å². The summed E-state index contributed by atoms with van der Waals surface area (Å²) in [7, 11) is 0. The molecule has 0 radical (unpaired) electrons. The molecule has 0 atom stereocenters. The number of benzene rings is 2. The summed E-state index contributed by atoms with van der Waals surface area (Å²) in [6.45, 7) is 0.808. The molecule has 1 aliphatic carbocycles. The number of ketones is 1. The lowest BCUT2D eigenvalue weighted by Crippen LogP contribution is -2.33. The molecule has 1 saturated carbocycles. The quantitative estimate of drug-likeness (QED) is 0.542. The Morgan fingerprint density at radius 2 is 1.69 bits per heavy atom. The maximum Gasteiger partial charge on any atom is 0.162 e. The van der Waals surface area contributed by atoms with Crippen molar-refractivity contribution in [2.75, 3.05) is 6.54 Å². The minimum Gasteiger partial charge on any atom is -0.314 e. The molecule has 2 aromatic carbocycles. The van der Waals surface area contributed by atoms with Gasteiger partial charge < -0.3 is 5.32 Å². The summed E-state index contributed by atoms with van der Waals surface area (Å²) < 4.78 is 26.2. The average molecular weight is 357 g/mol. The number of carbonyl (C=O) groups is 1. The molecule has 0 unspecified atom stereocenters. The summed E-state index contributed by atoms with van der Waals surface area (Å²) in [6.07, 6.45) is 5.53. The molecule has 1 aliphatic rings. The van der Waals surface area contributed by atoms with Crippen LogP contribution in [-0.4, -0.2) is 18.4 Å². The molecular formula is C22H25F2NO. The predicted molar refractivity (Wildman–Crippen MR) is 99.4 cm³/mol. The van der Waals surface area contributed by atoms with Gasteiger partial charge in [0.2, 0.25) is 0 Å². The van der Waals surface area contributed by atoms with Gasteiger partial charge in [0.25, 0.3) is 0 Å². The minimum atomic E-state index is -0.322. The first kappa shape index (κ1) is 18.7. The molecule has 0 bridgehead atoms. The fourth-order valence-electron chi connectivity index (χ4n) is 3.73.